The van der Waals surface area contributed by atoms with Crippen LogP contribution >= 0.6 is 0 Å². The highest BCUT2D eigenvalue weighted by Crippen LogP contribution is 2.23. The molecular formula is C14H17F3O. The Balaban J connectivity index is 2.64. The van der Waals surface area contributed by atoms with Crippen LogP contribution in [0.4, 0.5) is 13.2 Å². The highest BCUT2D eigenvalue weighted by molar-refractivity contribution is 5.57. The Hall–Kier alpha value is -1.45. The van der Waals surface area contributed by atoms with E-state index in [1.165, 1.54) is 6.08 Å². The molecule has 0 bridgehead atoms. The van der Waals surface area contributed by atoms with Gasteiger partial charge in [-0.15, -0.1) is 0 Å². The maximum absolute atomic E-state index is 12.0. The van der Waals surface area contributed by atoms with Crippen molar-refractivity contribution in [2.75, 3.05) is 6.61 Å². The van der Waals surface area contributed by atoms with Crippen LogP contribution in [0.5, 0.6) is 5.75 Å². The molecule has 0 aliphatic carbocycles. The third kappa shape index (κ3) is 5.75. The summed E-state index contributed by atoms with van der Waals surface area (Å²) in [6.07, 6.45) is -0.561. The molecule has 0 aromatic heterocycles. The van der Waals surface area contributed by atoms with Crippen molar-refractivity contribution in [3.8, 4) is 5.75 Å². The molecule has 100 valence electrons. The molecule has 1 aromatic carbocycles. The van der Waals surface area contributed by atoms with Crippen molar-refractivity contribution in [1.82, 2.24) is 0 Å². The van der Waals surface area contributed by atoms with Gasteiger partial charge in [-0.05, 0) is 12.5 Å². The van der Waals surface area contributed by atoms with Gasteiger partial charge in [0.1, 0.15) is 5.75 Å². The van der Waals surface area contributed by atoms with Crippen molar-refractivity contribution in [3.63, 3.8) is 0 Å². The maximum Gasteiger partial charge on any atom is 0.392 e. The van der Waals surface area contributed by atoms with Crippen molar-refractivity contribution in [2.45, 2.75) is 32.4 Å². The van der Waals surface area contributed by atoms with E-state index in [0.29, 0.717) is 17.9 Å². The van der Waals surface area contributed by atoms with Gasteiger partial charge in [-0.25, -0.2) is 0 Å². The average molecular weight is 258 g/mol. The van der Waals surface area contributed by atoms with E-state index in [1.807, 2.05) is 6.07 Å². The first-order chi connectivity index (χ1) is 8.53. The highest BCUT2D eigenvalue weighted by Gasteiger charge is 2.24. The van der Waals surface area contributed by atoms with Gasteiger partial charge in [0.25, 0.3) is 0 Å². The lowest BCUT2D eigenvalue weighted by atomic mass is 10.1. The Bertz CT molecular complexity index is 383. The van der Waals surface area contributed by atoms with Crippen molar-refractivity contribution in [2.24, 2.45) is 0 Å². The second-order valence-corrected chi connectivity index (χ2v) is 3.96. The van der Waals surface area contributed by atoms with E-state index < -0.39 is 12.6 Å². The molecule has 4 heteroatoms. The summed E-state index contributed by atoms with van der Waals surface area (Å²) in [5.74, 6) is 0.629. The third-order valence-electron chi connectivity index (χ3n) is 2.32. The van der Waals surface area contributed by atoms with Gasteiger partial charge in [0.15, 0.2) is 0 Å². The molecule has 0 saturated carbocycles. The Labute approximate surface area is 105 Å². The number of hydrogen-bond donors (Lipinski definition) is 0. The monoisotopic (exact) mass is 258 g/mol. The molecule has 0 spiro atoms. The molecule has 1 nitrogen and oxygen atoms in total. The molecule has 0 radical (unpaired) electrons. The molecule has 0 fully saturated rings. The van der Waals surface area contributed by atoms with Gasteiger partial charge < -0.3 is 4.74 Å². The van der Waals surface area contributed by atoms with Crippen LogP contribution in [-0.2, 0) is 0 Å². The summed E-state index contributed by atoms with van der Waals surface area (Å²) < 4.78 is 41.6. The lowest BCUT2D eigenvalue weighted by molar-refractivity contribution is -0.124. The van der Waals surface area contributed by atoms with Crippen molar-refractivity contribution < 1.29 is 17.9 Å². The normalized spacial score (nSPS) is 12.0. The first-order valence-corrected chi connectivity index (χ1v) is 5.98. The predicted octanol–water partition coefficient (Wildman–Crippen LogP) is 4.83. The SMILES string of the molecule is CCCCOc1ccccc1C=CCC(F)(F)F. The van der Waals surface area contributed by atoms with Crippen LogP contribution in [0.2, 0.25) is 0 Å². The fourth-order valence-electron chi connectivity index (χ4n) is 1.40. The first kappa shape index (κ1) is 14.6. The van der Waals surface area contributed by atoms with Crippen LogP contribution in [0.25, 0.3) is 6.08 Å². The van der Waals surface area contributed by atoms with E-state index in [1.54, 1.807) is 18.2 Å². The number of unbranched alkanes of at least 4 members (excludes halogenated alkanes) is 1. The smallest absolute Gasteiger partial charge is 0.392 e. The maximum atomic E-state index is 12.0. The standard InChI is InChI=1S/C14H17F3O/c1-2-3-11-18-13-9-5-4-7-12(13)8-6-10-14(15,16)17/h4-9H,2-3,10-11H2,1H3. The van der Waals surface area contributed by atoms with Crippen LogP contribution in [0.1, 0.15) is 31.7 Å². The largest absolute Gasteiger partial charge is 0.493 e. The summed E-state index contributed by atoms with van der Waals surface area (Å²) in [7, 11) is 0. The molecule has 1 aromatic rings. The molecule has 0 aliphatic heterocycles. The van der Waals surface area contributed by atoms with Crippen LogP contribution in [0.3, 0.4) is 0 Å². The number of rotatable bonds is 6. The van der Waals surface area contributed by atoms with E-state index in [4.69, 9.17) is 4.74 Å². The molecule has 0 unspecified atom stereocenters. The van der Waals surface area contributed by atoms with Gasteiger partial charge in [-0.3, -0.25) is 0 Å². The number of ether oxygens (including phenoxy) is 1. The van der Waals surface area contributed by atoms with E-state index in [-0.39, 0.29) is 0 Å². The van der Waals surface area contributed by atoms with Crippen LogP contribution < -0.4 is 4.74 Å². The van der Waals surface area contributed by atoms with Gasteiger partial charge >= 0.3 is 6.18 Å². The second kappa shape index (κ2) is 7.09. The Morgan fingerprint density at radius 2 is 1.94 bits per heavy atom. The van der Waals surface area contributed by atoms with E-state index in [9.17, 15) is 13.2 Å². The zero-order chi connectivity index (χ0) is 13.4. The second-order valence-electron chi connectivity index (χ2n) is 3.96. The fourth-order valence-corrected chi connectivity index (χ4v) is 1.40. The molecule has 1 rings (SSSR count). The predicted molar refractivity (Wildman–Crippen MR) is 66.6 cm³/mol. The van der Waals surface area contributed by atoms with Gasteiger partial charge in [-0.1, -0.05) is 43.7 Å². The topological polar surface area (TPSA) is 9.23 Å². The quantitative estimate of drug-likeness (QED) is 0.664. The molecule has 0 heterocycles. The summed E-state index contributed by atoms with van der Waals surface area (Å²) in [6, 6.07) is 7.10. The lowest BCUT2D eigenvalue weighted by Gasteiger charge is -2.08. The molecule has 0 amide bonds. The number of allylic oxidation sites excluding steroid dienone is 1. The average Bonchev–Trinajstić information content (AvgIpc) is 2.30. The van der Waals surface area contributed by atoms with Crippen LogP contribution in [0.15, 0.2) is 30.3 Å². The molecule has 18 heavy (non-hydrogen) atoms. The summed E-state index contributed by atoms with van der Waals surface area (Å²) in [5.41, 5.74) is 0.679. The minimum atomic E-state index is -4.16. The minimum absolute atomic E-state index is 0.584. The number of para-hydroxylation sites is 1. The summed E-state index contributed by atoms with van der Waals surface area (Å²) in [5, 5.41) is 0. The van der Waals surface area contributed by atoms with Crippen molar-refractivity contribution in [1.29, 1.82) is 0 Å². The summed E-state index contributed by atoms with van der Waals surface area (Å²) in [4.78, 5) is 0. The van der Waals surface area contributed by atoms with Crippen molar-refractivity contribution >= 4 is 6.08 Å². The summed E-state index contributed by atoms with van der Waals surface area (Å²) >= 11 is 0. The van der Waals surface area contributed by atoms with Crippen LogP contribution in [0, 0.1) is 0 Å². The Kier molecular flexibility index (Phi) is 5.75. The highest BCUT2D eigenvalue weighted by atomic mass is 19.4. The van der Waals surface area contributed by atoms with Gasteiger partial charge in [0, 0.05) is 5.56 Å². The Morgan fingerprint density at radius 3 is 2.61 bits per heavy atom. The van der Waals surface area contributed by atoms with Gasteiger partial charge in [0.05, 0.1) is 13.0 Å². The zero-order valence-electron chi connectivity index (χ0n) is 10.3. The zero-order valence-corrected chi connectivity index (χ0v) is 10.3. The molecular weight excluding hydrogens is 241 g/mol. The third-order valence-corrected chi connectivity index (χ3v) is 2.32. The van der Waals surface area contributed by atoms with E-state index >= 15 is 0 Å². The number of halogens is 3. The first-order valence-electron chi connectivity index (χ1n) is 5.98. The molecule has 0 saturated heterocycles. The Morgan fingerprint density at radius 1 is 1.22 bits per heavy atom. The van der Waals surface area contributed by atoms with E-state index in [0.717, 1.165) is 18.9 Å². The fraction of sp³-hybridized carbons (Fsp3) is 0.429. The molecule has 0 atom stereocenters. The van der Waals surface area contributed by atoms with Gasteiger partial charge in [0.2, 0.25) is 0 Å². The van der Waals surface area contributed by atoms with E-state index in [2.05, 4.69) is 6.92 Å². The van der Waals surface area contributed by atoms with Crippen LogP contribution in [-0.4, -0.2) is 12.8 Å². The number of benzene rings is 1. The summed E-state index contributed by atoms with van der Waals surface area (Å²) in [6.45, 7) is 2.64. The lowest BCUT2D eigenvalue weighted by Crippen LogP contribution is -2.04. The molecule has 0 N–H and O–H groups in total. The minimum Gasteiger partial charge on any atom is -0.493 e. The van der Waals surface area contributed by atoms with Crippen molar-refractivity contribution in [3.05, 3.63) is 35.9 Å². The molecule has 0 aliphatic rings. The number of hydrogen-bond acceptors (Lipinski definition) is 1. The van der Waals surface area contributed by atoms with Gasteiger partial charge in [-0.2, -0.15) is 13.2 Å². The number of alkyl halides is 3.